The Balaban J connectivity index is 1.52. The van der Waals surface area contributed by atoms with Gasteiger partial charge in [0, 0.05) is 34.6 Å². The van der Waals surface area contributed by atoms with Crippen LogP contribution in [0.25, 0.3) is 0 Å². The van der Waals surface area contributed by atoms with Crippen LogP contribution in [0, 0.1) is 0 Å². The van der Waals surface area contributed by atoms with Crippen LogP contribution in [0.5, 0.6) is 0 Å². The average Bonchev–Trinajstić information content (AvgIpc) is 3.32. The first-order valence-corrected chi connectivity index (χ1v) is 12.0. The minimum atomic E-state index is -0.518. The maximum Gasteiger partial charge on any atom is 0.337 e. The highest BCUT2D eigenvalue weighted by molar-refractivity contribution is 6.30. The lowest BCUT2D eigenvalue weighted by Gasteiger charge is -2.36. The number of ketones is 1. The van der Waals surface area contributed by atoms with Crippen LogP contribution in [0.15, 0.2) is 71.2 Å². The third-order valence-electron chi connectivity index (χ3n) is 6.95. The van der Waals surface area contributed by atoms with E-state index >= 15 is 0 Å². The number of nitrogens with one attached hydrogen (secondary N) is 1. The molecule has 2 aromatic rings. The highest BCUT2D eigenvalue weighted by Crippen LogP contribution is 2.45. The van der Waals surface area contributed by atoms with Gasteiger partial charge < -0.3 is 10.1 Å². The van der Waals surface area contributed by atoms with E-state index in [1.165, 1.54) is 0 Å². The third-order valence-corrected chi connectivity index (χ3v) is 7.20. The molecule has 0 unspecified atom stereocenters. The Bertz CT molecular complexity index is 1130. The Kier molecular flexibility index (Phi) is 6.07. The zero-order chi connectivity index (χ0) is 22.9. The largest absolute Gasteiger partial charge is 0.459 e. The predicted molar refractivity (Wildman–Crippen MR) is 127 cm³/mol. The number of dihydropyridines is 1. The van der Waals surface area contributed by atoms with Gasteiger partial charge in [-0.25, -0.2) is 4.79 Å². The van der Waals surface area contributed by atoms with Gasteiger partial charge >= 0.3 is 5.97 Å². The first-order chi connectivity index (χ1) is 16.0. The van der Waals surface area contributed by atoms with Crippen molar-refractivity contribution in [3.63, 3.8) is 0 Å². The van der Waals surface area contributed by atoms with Crippen molar-refractivity contribution in [2.45, 2.75) is 63.4 Å². The molecule has 1 aliphatic heterocycles. The van der Waals surface area contributed by atoms with Crippen molar-refractivity contribution in [2.24, 2.45) is 0 Å². The number of benzene rings is 1. The van der Waals surface area contributed by atoms with Gasteiger partial charge in [-0.15, -0.1) is 0 Å². The number of carbonyl (C=O) groups is 2. The summed E-state index contributed by atoms with van der Waals surface area (Å²) < 4.78 is 5.88. The van der Waals surface area contributed by atoms with E-state index in [2.05, 4.69) is 10.3 Å². The van der Waals surface area contributed by atoms with Crippen LogP contribution in [0.4, 0.5) is 0 Å². The summed E-state index contributed by atoms with van der Waals surface area (Å²) in [6.07, 6.45) is 6.69. The van der Waals surface area contributed by atoms with Gasteiger partial charge in [-0.1, -0.05) is 29.8 Å². The van der Waals surface area contributed by atoms with Crippen LogP contribution in [-0.4, -0.2) is 22.8 Å². The van der Waals surface area contributed by atoms with E-state index in [1.807, 2.05) is 49.4 Å². The lowest BCUT2D eigenvalue weighted by atomic mass is 9.73. The summed E-state index contributed by atoms with van der Waals surface area (Å²) in [6, 6.07) is 13.3. The first-order valence-electron chi connectivity index (χ1n) is 11.6. The molecule has 3 aliphatic rings. The van der Waals surface area contributed by atoms with Crippen molar-refractivity contribution in [2.75, 3.05) is 0 Å². The fraction of sp³-hybridized carbons (Fsp3) is 0.370. The average molecular weight is 463 g/mol. The molecule has 0 bridgehead atoms. The SMILES string of the molecule is CC1=C(C(=O)OC2CCCC2)[C@H](c2ccccn2)C2=C(C[C@@H](c3ccc(Cl)cc3)CC2=O)N1. The molecule has 2 heterocycles. The number of halogens is 1. The number of aromatic nitrogens is 1. The molecule has 0 saturated heterocycles. The molecular formula is C27H27ClN2O3. The molecule has 1 aromatic heterocycles. The van der Waals surface area contributed by atoms with E-state index in [9.17, 15) is 9.59 Å². The van der Waals surface area contributed by atoms with E-state index in [0.717, 1.165) is 42.6 Å². The summed E-state index contributed by atoms with van der Waals surface area (Å²) in [6.45, 7) is 1.89. The fourth-order valence-electron chi connectivity index (χ4n) is 5.34. The zero-order valence-corrected chi connectivity index (χ0v) is 19.4. The van der Waals surface area contributed by atoms with Crippen molar-refractivity contribution in [3.05, 3.63) is 87.5 Å². The standard InChI is InChI=1S/C27H27ClN2O3/c1-16-24(27(32)33-20-6-2-3-7-20)26(21-8-4-5-13-29-21)25-22(30-16)14-18(15-23(25)31)17-9-11-19(28)12-10-17/h4-5,8-13,18,20,26,30H,2-3,6-7,14-15H2,1H3/t18-,26+/m1/s1. The summed E-state index contributed by atoms with van der Waals surface area (Å²) in [7, 11) is 0. The number of esters is 1. The van der Waals surface area contributed by atoms with Crippen molar-refractivity contribution < 1.29 is 14.3 Å². The minimum absolute atomic E-state index is 0.0398. The van der Waals surface area contributed by atoms with Crippen molar-refractivity contribution in [3.8, 4) is 0 Å². The highest BCUT2D eigenvalue weighted by Gasteiger charge is 2.42. The number of pyridine rings is 1. The topological polar surface area (TPSA) is 68.3 Å². The van der Waals surface area contributed by atoms with E-state index in [4.69, 9.17) is 16.3 Å². The summed E-state index contributed by atoms with van der Waals surface area (Å²) >= 11 is 6.06. The highest BCUT2D eigenvalue weighted by atomic mass is 35.5. The second kappa shape index (κ2) is 9.14. The molecule has 0 amide bonds. The number of hydrogen-bond acceptors (Lipinski definition) is 5. The molecule has 1 saturated carbocycles. The fourth-order valence-corrected chi connectivity index (χ4v) is 5.47. The monoisotopic (exact) mass is 462 g/mol. The maximum absolute atomic E-state index is 13.6. The molecule has 2 aliphatic carbocycles. The van der Waals surface area contributed by atoms with Crippen molar-refractivity contribution in [1.82, 2.24) is 10.3 Å². The van der Waals surface area contributed by atoms with Crippen molar-refractivity contribution in [1.29, 1.82) is 0 Å². The van der Waals surface area contributed by atoms with Gasteiger partial charge in [0.05, 0.1) is 17.2 Å². The molecule has 5 rings (SSSR count). The number of ether oxygens (including phenoxy) is 1. The van der Waals surface area contributed by atoms with Gasteiger partial charge in [-0.2, -0.15) is 0 Å². The van der Waals surface area contributed by atoms with Gasteiger partial charge in [-0.3, -0.25) is 9.78 Å². The lowest BCUT2D eigenvalue weighted by Crippen LogP contribution is -2.37. The van der Waals surface area contributed by atoms with Gasteiger partial charge in [-0.05, 0) is 74.8 Å². The summed E-state index contributed by atoms with van der Waals surface area (Å²) in [5.74, 6) is -0.764. The van der Waals surface area contributed by atoms with Crippen LogP contribution in [-0.2, 0) is 14.3 Å². The van der Waals surface area contributed by atoms with E-state index in [0.29, 0.717) is 34.7 Å². The lowest BCUT2D eigenvalue weighted by molar-refractivity contribution is -0.144. The molecule has 0 spiro atoms. The molecular weight excluding hydrogens is 436 g/mol. The van der Waals surface area contributed by atoms with Gasteiger partial charge in [0.2, 0.25) is 0 Å². The number of hydrogen-bond donors (Lipinski definition) is 1. The van der Waals surface area contributed by atoms with Crippen LogP contribution >= 0.6 is 11.6 Å². The van der Waals surface area contributed by atoms with Crippen molar-refractivity contribution >= 4 is 23.4 Å². The van der Waals surface area contributed by atoms with Gasteiger partial charge in [0.1, 0.15) is 6.10 Å². The Labute approximate surface area is 198 Å². The molecule has 0 radical (unpaired) electrons. The molecule has 170 valence electrons. The summed E-state index contributed by atoms with van der Waals surface area (Å²) in [4.78, 5) is 31.5. The normalized spacial score (nSPS) is 23.4. The zero-order valence-electron chi connectivity index (χ0n) is 18.6. The van der Waals surface area contributed by atoms with Crippen LogP contribution in [0.3, 0.4) is 0 Å². The Morgan fingerprint density at radius 1 is 1.09 bits per heavy atom. The van der Waals surface area contributed by atoms with Crippen LogP contribution in [0.2, 0.25) is 5.02 Å². The Hall–Kier alpha value is -2.92. The molecule has 1 fully saturated rings. The van der Waals surface area contributed by atoms with E-state index in [1.54, 1.807) is 6.20 Å². The number of rotatable bonds is 4. The molecule has 1 N–H and O–H groups in total. The number of carbonyl (C=O) groups excluding carboxylic acids is 2. The number of nitrogens with zero attached hydrogens (tertiary/aromatic N) is 1. The Morgan fingerprint density at radius 3 is 2.55 bits per heavy atom. The maximum atomic E-state index is 13.6. The predicted octanol–water partition coefficient (Wildman–Crippen LogP) is 5.58. The summed E-state index contributed by atoms with van der Waals surface area (Å²) in [5, 5.41) is 4.08. The number of allylic oxidation sites excluding steroid dienone is 3. The molecule has 33 heavy (non-hydrogen) atoms. The molecule has 5 nitrogen and oxygen atoms in total. The molecule has 2 atom stereocenters. The smallest absolute Gasteiger partial charge is 0.337 e. The second-order valence-electron chi connectivity index (χ2n) is 9.14. The van der Waals surface area contributed by atoms with Crippen LogP contribution < -0.4 is 5.32 Å². The molecule has 6 heteroatoms. The minimum Gasteiger partial charge on any atom is -0.459 e. The Morgan fingerprint density at radius 2 is 1.85 bits per heavy atom. The second-order valence-corrected chi connectivity index (χ2v) is 9.57. The number of Topliss-reactive ketones (excluding diaryl/α,β-unsaturated/α-hetero) is 1. The van der Waals surface area contributed by atoms with Crippen LogP contribution in [0.1, 0.15) is 68.5 Å². The van der Waals surface area contributed by atoms with E-state index in [-0.39, 0.29) is 23.8 Å². The molecule has 1 aromatic carbocycles. The van der Waals surface area contributed by atoms with Gasteiger partial charge in [0.25, 0.3) is 0 Å². The quantitative estimate of drug-likeness (QED) is 0.600. The first kappa shape index (κ1) is 21.9. The summed E-state index contributed by atoms with van der Waals surface area (Å²) in [5.41, 5.74) is 4.53. The third kappa shape index (κ3) is 4.34. The van der Waals surface area contributed by atoms with Gasteiger partial charge in [0.15, 0.2) is 5.78 Å². The van der Waals surface area contributed by atoms with E-state index < -0.39 is 5.92 Å².